The minimum Gasteiger partial charge on any atom is -0.384 e. The Morgan fingerprint density at radius 2 is 1.66 bits per heavy atom. The molecule has 1 aliphatic heterocycles. The second kappa shape index (κ2) is 11.7. The molecule has 0 bridgehead atoms. The maximum Gasteiger partial charge on any atom is 0.245 e. The van der Waals surface area contributed by atoms with Crippen LogP contribution in [0.25, 0.3) is 10.8 Å². The van der Waals surface area contributed by atoms with E-state index in [9.17, 15) is 18.0 Å². The number of rotatable bonds is 9. The highest BCUT2D eigenvalue weighted by molar-refractivity contribution is 7.89. The van der Waals surface area contributed by atoms with E-state index in [1.54, 1.807) is 47.4 Å². The molecule has 0 saturated carbocycles. The first-order valence-electron chi connectivity index (χ1n) is 12.6. The molecule has 200 valence electrons. The van der Waals surface area contributed by atoms with Gasteiger partial charge in [0.2, 0.25) is 21.8 Å². The molecular weight excluding hydrogens is 502 g/mol. The zero-order chi connectivity index (χ0) is 27.3. The molecular formula is C28H33N5O4S. The molecule has 4 N–H and O–H groups in total. The van der Waals surface area contributed by atoms with Crippen LogP contribution in [-0.2, 0) is 26.0 Å². The third-order valence-electron chi connectivity index (χ3n) is 6.96. The molecule has 1 unspecified atom stereocenters. The number of likely N-dealkylation sites (N-methyl/N-ethyl adjacent to an activating group) is 1. The van der Waals surface area contributed by atoms with Gasteiger partial charge < -0.3 is 15.5 Å². The maximum atomic E-state index is 13.5. The first-order valence-corrected chi connectivity index (χ1v) is 14.1. The van der Waals surface area contributed by atoms with Gasteiger partial charge in [0.1, 0.15) is 11.9 Å². The Labute approximate surface area is 223 Å². The number of nitrogens with zero attached hydrogens (tertiary/aromatic N) is 2. The zero-order valence-electron chi connectivity index (χ0n) is 21.4. The number of likely N-dealkylation sites (tertiary alicyclic amines) is 1. The molecule has 3 aromatic rings. The summed E-state index contributed by atoms with van der Waals surface area (Å²) in [7, 11) is -2.45. The van der Waals surface area contributed by atoms with Gasteiger partial charge in [0.05, 0.1) is 11.4 Å². The van der Waals surface area contributed by atoms with Gasteiger partial charge in [0.25, 0.3) is 0 Å². The quantitative estimate of drug-likeness (QED) is 0.286. The number of benzene rings is 3. The molecule has 2 amide bonds. The summed E-state index contributed by atoms with van der Waals surface area (Å²) in [5.41, 5.74) is 6.93. The van der Waals surface area contributed by atoms with Gasteiger partial charge in [-0.05, 0) is 36.3 Å². The third-order valence-corrected chi connectivity index (χ3v) is 8.42. The smallest absolute Gasteiger partial charge is 0.245 e. The lowest BCUT2D eigenvalue weighted by Crippen LogP contribution is -2.53. The van der Waals surface area contributed by atoms with Gasteiger partial charge in [-0.15, -0.1) is 0 Å². The number of nitrogens with two attached hydrogens (primary N) is 1. The predicted molar refractivity (Wildman–Crippen MR) is 147 cm³/mol. The Bertz CT molecular complexity index is 1430. The molecule has 4 rings (SSSR count). The number of fused-ring (bicyclic) bond motifs is 1. The number of carbonyl (C=O) groups is 2. The fourth-order valence-corrected chi connectivity index (χ4v) is 5.92. The highest BCUT2D eigenvalue weighted by atomic mass is 32.2. The number of hydrogen-bond acceptors (Lipinski definition) is 5. The van der Waals surface area contributed by atoms with Crippen LogP contribution in [0.5, 0.6) is 0 Å². The number of amides is 2. The van der Waals surface area contributed by atoms with Crippen molar-refractivity contribution in [2.45, 2.75) is 36.6 Å². The van der Waals surface area contributed by atoms with E-state index in [-0.39, 0.29) is 23.1 Å². The van der Waals surface area contributed by atoms with Crippen LogP contribution >= 0.6 is 0 Å². The van der Waals surface area contributed by atoms with E-state index in [0.717, 1.165) is 30.2 Å². The zero-order valence-corrected chi connectivity index (χ0v) is 22.2. The maximum absolute atomic E-state index is 13.5. The topological polar surface area (TPSA) is 137 Å². The fourth-order valence-electron chi connectivity index (χ4n) is 4.72. The van der Waals surface area contributed by atoms with Crippen molar-refractivity contribution in [2.75, 3.05) is 26.7 Å². The summed E-state index contributed by atoms with van der Waals surface area (Å²) in [6.07, 6.45) is 3.14. The van der Waals surface area contributed by atoms with Crippen LogP contribution < -0.4 is 10.5 Å². The summed E-state index contributed by atoms with van der Waals surface area (Å²) in [6, 6.07) is 18.3. The number of piperidine rings is 1. The van der Waals surface area contributed by atoms with Crippen molar-refractivity contribution >= 4 is 38.4 Å². The molecule has 3 aromatic carbocycles. The number of carbonyl (C=O) groups excluding carboxylic acids is 2. The monoisotopic (exact) mass is 535 g/mol. The second-order valence-corrected chi connectivity index (χ2v) is 11.3. The molecule has 1 atom stereocenters. The highest BCUT2D eigenvalue weighted by Gasteiger charge is 2.32. The number of sulfonamides is 1. The molecule has 38 heavy (non-hydrogen) atoms. The van der Waals surface area contributed by atoms with Crippen LogP contribution in [0.15, 0.2) is 71.6 Å². The second-order valence-electron chi connectivity index (χ2n) is 9.52. The Balaban J connectivity index is 1.52. The lowest BCUT2D eigenvalue weighted by Gasteiger charge is -2.34. The molecule has 0 aliphatic carbocycles. The summed E-state index contributed by atoms with van der Waals surface area (Å²) in [5, 5.41) is 8.93. The Morgan fingerprint density at radius 3 is 2.34 bits per heavy atom. The predicted octanol–water partition coefficient (Wildman–Crippen LogP) is 2.48. The van der Waals surface area contributed by atoms with Gasteiger partial charge in [0.15, 0.2) is 0 Å². The van der Waals surface area contributed by atoms with E-state index in [4.69, 9.17) is 11.1 Å². The molecule has 9 nitrogen and oxygen atoms in total. The molecule has 1 saturated heterocycles. The van der Waals surface area contributed by atoms with E-state index < -0.39 is 28.5 Å². The van der Waals surface area contributed by atoms with E-state index >= 15 is 0 Å². The first kappa shape index (κ1) is 27.3. The Morgan fingerprint density at radius 1 is 1.00 bits per heavy atom. The Hall–Kier alpha value is -3.76. The number of nitrogen functional groups attached to an aromatic ring is 1. The van der Waals surface area contributed by atoms with Crippen molar-refractivity contribution in [3.63, 3.8) is 0 Å². The van der Waals surface area contributed by atoms with Gasteiger partial charge in [0, 0.05) is 37.5 Å². The summed E-state index contributed by atoms with van der Waals surface area (Å²) >= 11 is 0. The molecule has 0 radical (unpaired) electrons. The Kier molecular flexibility index (Phi) is 8.43. The molecule has 10 heteroatoms. The van der Waals surface area contributed by atoms with Crippen molar-refractivity contribution in [3.05, 3.63) is 77.9 Å². The minimum atomic E-state index is -3.98. The van der Waals surface area contributed by atoms with Crippen molar-refractivity contribution in [2.24, 2.45) is 5.73 Å². The van der Waals surface area contributed by atoms with E-state index in [1.165, 1.54) is 18.0 Å². The van der Waals surface area contributed by atoms with Gasteiger partial charge in [-0.2, -0.15) is 0 Å². The summed E-state index contributed by atoms with van der Waals surface area (Å²) in [4.78, 5) is 30.0. The molecule has 1 heterocycles. The van der Waals surface area contributed by atoms with Crippen LogP contribution in [0.2, 0.25) is 0 Å². The van der Waals surface area contributed by atoms with E-state index in [2.05, 4.69) is 4.72 Å². The highest BCUT2D eigenvalue weighted by Crippen LogP contribution is 2.23. The SMILES string of the molecule is CN(C(=O)CNS(=O)(=O)c1cccc2ccccc12)C(Cc1ccc(C(=N)N)cc1)C(=O)N1CCCCC1. The molecule has 1 aliphatic rings. The first-order chi connectivity index (χ1) is 18.2. The average molecular weight is 536 g/mol. The van der Waals surface area contributed by atoms with Crippen molar-refractivity contribution in [1.82, 2.24) is 14.5 Å². The van der Waals surface area contributed by atoms with Gasteiger partial charge in [-0.1, -0.05) is 60.7 Å². The number of nitrogens with one attached hydrogen (secondary N) is 2. The number of amidine groups is 1. The van der Waals surface area contributed by atoms with Crippen LogP contribution in [0.3, 0.4) is 0 Å². The van der Waals surface area contributed by atoms with E-state index in [0.29, 0.717) is 24.0 Å². The third kappa shape index (κ3) is 6.20. The number of hydrogen-bond donors (Lipinski definition) is 3. The summed E-state index contributed by atoms with van der Waals surface area (Å²) in [5.74, 6) is -0.721. The molecule has 0 spiro atoms. The van der Waals surface area contributed by atoms with Gasteiger partial charge in [-0.3, -0.25) is 15.0 Å². The summed E-state index contributed by atoms with van der Waals surface area (Å²) in [6.45, 7) is 0.789. The minimum absolute atomic E-state index is 0.0525. The normalized spacial score (nSPS) is 14.7. The summed E-state index contributed by atoms with van der Waals surface area (Å²) < 4.78 is 28.7. The van der Waals surface area contributed by atoms with Crippen LogP contribution in [0.1, 0.15) is 30.4 Å². The lowest BCUT2D eigenvalue weighted by molar-refractivity contribution is -0.144. The van der Waals surface area contributed by atoms with Gasteiger partial charge >= 0.3 is 0 Å². The van der Waals surface area contributed by atoms with E-state index in [1.807, 2.05) is 18.2 Å². The van der Waals surface area contributed by atoms with Gasteiger partial charge in [-0.25, -0.2) is 13.1 Å². The standard InChI is InChI=1S/C28H33N5O4S/c1-32(26(34)19-31-38(36,37)25-11-7-9-21-8-3-4-10-23(21)25)24(28(35)33-16-5-2-6-17-33)18-20-12-14-22(15-13-20)27(29)30/h3-4,7-15,24,31H,2,5-6,16-19H2,1H3,(H3,29,30). The fraction of sp³-hybridized carbons (Fsp3) is 0.321. The van der Waals surface area contributed by atoms with Crippen LogP contribution in [0.4, 0.5) is 0 Å². The van der Waals surface area contributed by atoms with Crippen molar-refractivity contribution < 1.29 is 18.0 Å². The molecule has 0 aromatic heterocycles. The molecule has 1 fully saturated rings. The van der Waals surface area contributed by atoms with Crippen LogP contribution in [0, 0.1) is 5.41 Å². The van der Waals surface area contributed by atoms with Crippen molar-refractivity contribution in [3.8, 4) is 0 Å². The largest absolute Gasteiger partial charge is 0.384 e. The lowest BCUT2D eigenvalue weighted by atomic mass is 10.0. The van der Waals surface area contributed by atoms with Crippen molar-refractivity contribution in [1.29, 1.82) is 5.41 Å². The van der Waals surface area contributed by atoms with Crippen LogP contribution in [-0.4, -0.2) is 68.6 Å². The average Bonchev–Trinajstić information content (AvgIpc) is 2.94.